The minimum absolute atomic E-state index is 0.403. The minimum Gasteiger partial charge on any atom is -0.490 e. The molecule has 0 aromatic heterocycles. The molecule has 2 aromatic rings. The van der Waals surface area contributed by atoms with Gasteiger partial charge in [0.05, 0.1) is 11.1 Å². The molecule has 2 rings (SSSR count). The lowest BCUT2D eigenvalue weighted by Crippen LogP contribution is -2.02. The zero-order chi connectivity index (χ0) is 15.2. The van der Waals surface area contributed by atoms with Crippen LogP contribution in [0.4, 0.5) is 0 Å². The summed E-state index contributed by atoms with van der Waals surface area (Å²) in [6, 6.07) is 11.2. The summed E-state index contributed by atoms with van der Waals surface area (Å²) in [7, 11) is 0. The van der Waals surface area contributed by atoms with E-state index < -0.39 is 0 Å². The van der Waals surface area contributed by atoms with E-state index >= 15 is 0 Å². The van der Waals surface area contributed by atoms with Crippen LogP contribution in [-0.4, -0.2) is 12.9 Å². The van der Waals surface area contributed by atoms with Crippen molar-refractivity contribution in [2.75, 3.05) is 6.61 Å². The van der Waals surface area contributed by atoms with E-state index in [9.17, 15) is 4.79 Å². The van der Waals surface area contributed by atoms with Crippen LogP contribution >= 0.6 is 31.9 Å². The average molecular weight is 414 g/mol. The number of hydrogen-bond donors (Lipinski definition) is 0. The van der Waals surface area contributed by atoms with Gasteiger partial charge in [-0.05, 0) is 41.1 Å². The van der Waals surface area contributed by atoms with E-state index in [1.54, 1.807) is 12.1 Å². The summed E-state index contributed by atoms with van der Waals surface area (Å²) in [4.78, 5) is 10.9. The van der Waals surface area contributed by atoms with Gasteiger partial charge in [-0.2, -0.15) is 0 Å². The summed E-state index contributed by atoms with van der Waals surface area (Å²) in [5.41, 5.74) is 1.57. The highest BCUT2D eigenvalue weighted by Gasteiger charge is 2.13. The Kier molecular flexibility index (Phi) is 5.82. The second kappa shape index (κ2) is 7.61. The lowest BCUT2D eigenvalue weighted by Gasteiger charge is -2.15. The summed E-state index contributed by atoms with van der Waals surface area (Å²) in [6.07, 6.45) is 0.783. The molecule has 2 aromatic carbocycles. The lowest BCUT2D eigenvalue weighted by atomic mass is 10.2. The quantitative estimate of drug-likeness (QED) is 0.625. The summed E-state index contributed by atoms with van der Waals surface area (Å²) >= 11 is 6.92. The molecule has 0 N–H and O–H groups in total. The molecule has 0 fully saturated rings. The van der Waals surface area contributed by atoms with Crippen LogP contribution in [0.5, 0.6) is 11.5 Å². The molecule has 21 heavy (non-hydrogen) atoms. The lowest BCUT2D eigenvalue weighted by molar-refractivity contribution is 0.112. The van der Waals surface area contributed by atoms with Gasteiger partial charge in [0.25, 0.3) is 0 Å². The van der Waals surface area contributed by atoms with Crippen molar-refractivity contribution in [3.05, 3.63) is 56.5 Å². The van der Waals surface area contributed by atoms with Crippen LogP contribution in [0.25, 0.3) is 0 Å². The van der Waals surface area contributed by atoms with E-state index in [1.165, 1.54) is 0 Å². The number of hydrogen-bond acceptors (Lipinski definition) is 3. The minimum atomic E-state index is 0.403. The Balaban J connectivity index is 2.26. The summed E-state index contributed by atoms with van der Waals surface area (Å²) in [6.45, 7) is 2.79. The van der Waals surface area contributed by atoms with Crippen LogP contribution in [0.15, 0.2) is 45.3 Å². The van der Waals surface area contributed by atoms with E-state index in [4.69, 9.17) is 9.47 Å². The highest BCUT2D eigenvalue weighted by atomic mass is 79.9. The second-order valence-corrected chi connectivity index (χ2v) is 5.97. The van der Waals surface area contributed by atoms with Crippen molar-refractivity contribution < 1.29 is 14.3 Å². The van der Waals surface area contributed by atoms with Crippen molar-refractivity contribution in [3.63, 3.8) is 0 Å². The van der Waals surface area contributed by atoms with Crippen molar-refractivity contribution in [2.24, 2.45) is 0 Å². The van der Waals surface area contributed by atoms with Gasteiger partial charge in [-0.25, -0.2) is 0 Å². The topological polar surface area (TPSA) is 35.5 Å². The van der Waals surface area contributed by atoms with Gasteiger partial charge < -0.3 is 9.47 Å². The molecule has 3 nitrogen and oxygen atoms in total. The monoisotopic (exact) mass is 412 g/mol. The number of ether oxygens (including phenoxy) is 2. The van der Waals surface area contributed by atoms with Gasteiger partial charge in [0.15, 0.2) is 11.5 Å². The highest BCUT2D eigenvalue weighted by Crippen LogP contribution is 2.37. The van der Waals surface area contributed by atoms with Gasteiger partial charge in [0.2, 0.25) is 0 Å². The molecule has 0 unspecified atom stereocenters. The molecule has 0 bridgehead atoms. The maximum Gasteiger partial charge on any atom is 0.175 e. The number of carbonyl (C=O) groups excluding carboxylic acids is 1. The number of halogens is 2. The molecule has 0 radical (unpaired) electrons. The molecule has 0 aliphatic rings. The molecule has 0 atom stereocenters. The van der Waals surface area contributed by atoms with E-state index in [0.717, 1.165) is 16.3 Å². The third-order valence-corrected chi connectivity index (χ3v) is 4.16. The zero-order valence-corrected chi connectivity index (χ0v) is 14.6. The Morgan fingerprint density at radius 1 is 1.10 bits per heavy atom. The summed E-state index contributed by atoms with van der Waals surface area (Å²) < 4.78 is 13.1. The molecule has 0 saturated carbocycles. The molecule has 0 spiro atoms. The fraction of sp³-hybridized carbons (Fsp3) is 0.188. The van der Waals surface area contributed by atoms with Crippen molar-refractivity contribution >= 4 is 38.1 Å². The second-order valence-electron chi connectivity index (χ2n) is 4.26. The van der Waals surface area contributed by atoms with E-state index in [0.29, 0.717) is 34.7 Å². The van der Waals surface area contributed by atoms with Crippen molar-refractivity contribution in [1.82, 2.24) is 0 Å². The van der Waals surface area contributed by atoms with Crippen LogP contribution < -0.4 is 9.47 Å². The van der Waals surface area contributed by atoms with Gasteiger partial charge in [0, 0.05) is 15.6 Å². The van der Waals surface area contributed by atoms with E-state index in [1.807, 2.05) is 31.2 Å². The first-order valence-electron chi connectivity index (χ1n) is 6.43. The van der Waals surface area contributed by atoms with Crippen molar-refractivity contribution in [1.29, 1.82) is 0 Å². The van der Waals surface area contributed by atoms with Gasteiger partial charge in [0.1, 0.15) is 12.9 Å². The predicted octanol–water partition coefficient (Wildman–Crippen LogP) is 5.00. The van der Waals surface area contributed by atoms with Crippen LogP contribution in [0.1, 0.15) is 22.8 Å². The van der Waals surface area contributed by atoms with Gasteiger partial charge in [-0.1, -0.05) is 34.1 Å². The first kappa shape index (κ1) is 16.0. The Morgan fingerprint density at radius 2 is 1.86 bits per heavy atom. The highest BCUT2D eigenvalue weighted by molar-refractivity contribution is 9.10. The largest absolute Gasteiger partial charge is 0.490 e. The molecule has 0 aliphatic carbocycles. The Morgan fingerprint density at radius 3 is 2.52 bits per heavy atom. The van der Waals surface area contributed by atoms with Crippen molar-refractivity contribution in [2.45, 2.75) is 13.5 Å². The summed E-state index contributed by atoms with van der Waals surface area (Å²) in [5, 5.41) is 0. The number of carbonyl (C=O) groups is 1. The third-order valence-electron chi connectivity index (χ3n) is 2.80. The van der Waals surface area contributed by atoms with Crippen LogP contribution in [0, 0.1) is 0 Å². The molecule has 5 heteroatoms. The molecular weight excluding hydrogens is 400 g/mol. The van der Waals surface area contributed by atoms with Gasteiger partial charge >= 0.3 is 0 Å². The maximum absolute atomic E-state index is 10.9. The zero-order valence-electron chi connectivity index (χ0n) is 11.4. The number of benzene rings is 2. The number of aldehydes is 1. The molecule has 0 heterocycles. The molecule has 0 saturated heterocycles. The smallest absolute Gasteiger partial charge is 0.175 e. The SMILES string of the molecule is CCOc1cc(C=O)cc(Br)c1OCc1ccccc1Br. The van der Waals surface area contributed by atoms with E-state index in [-0.39, 0.29) is 0 Å². The average Bonchev–Trinajstić information content (AvgIpc) is 2.48. The van der Waals surface area contributed by atoms with Crippen LogP contribution in [0.2, 0.25) is 0 Å². The standard InChI is InChI=1S/C16H14Br2O3/c1-2-20-15-8-11(9-19)7-14(18)16(15)21-10-12-5-3-4-6-13(12)17/h3-9H,2,10H2,1H3. The Hall–Kier alpha value is -1.33. The third kappa shape index (κ3) is 4.08. The van der Waals surface area contributed by atoms with Gasteiger partial charge in [-0.15, -0.1) is 0 Å². The molecular formula is C16H14Br2O3. The Bertz CT molecular complexity index is 641. The summed E-state index contributed by atoms with van der Waals surface area (Å²) in [5.74, 6) is 1.15. The molecule has 0 aliphatic heterocycles. The predicted molar refractivity (Wildman–Crippen MR) is 89.2 cm³/mol. The first-order valence-corrected chi connectivity index (χ1v) is 8.02. The van der Waals surface area contributed by atoms with Crippen molar-refractivity contribution in [3.8, 4) is 11.5 Å². The fourth-order valence-electron chi connectivity index (χ4n) is 1.82. The van der Waals surface area contributed by atoms with E-state index in [2.05, 4.69) is 31.9 Å². The number of rotatable bonds is 6. The van der Waals surface area contributed by atoms with Crippen LogP contribution in [-0.2, 0) is 6.61 Å². The molecule has 110 valence electrons. The maximum atomic E-state index is 10.9. The normalized spacial score (nSPS) is 10.2. The van der Waals surface area contributed by atoms with Crippen LogP contribution in [0.3, 0.4) is 0 Å². The van der Waals surface area contributed by atoms with Gasteiger partial charge in [-0.3, -0.25) is 4.79 Å². The fourth-order valence-corrected chi connectivity index (χ4v) is 2.80. The molecule has 0 amide bonds. The Labute approximate surface area is 140 Å². The first-order chi connectivity index (χ1) is 10.2.